The Balaban J connectivity index is 1.41. The average molecular weight is 326 g/mol. The minimum Gasteiger partial charge on any atom is -0.365 e. The first-order valence-electron chi connectivity index (χ1n) is 8.74. The van der Waals surface area contributed by atoms with Crippen molar-refractivity contribution in [3.8, 4) is 0 Å². The van der Waals surface area contributed by atoms with E-state index >= 15 is 0 Å². The van der Waals surface area contributed by atoms with E-state index in [1.54, 1.807) is 0 Å². The number of aromatic nitrogens is 2. The van der Waals surface area contributed by atoms with Gasteiger partial charge in [-0.15, -0.1) is 0 Å². The molecule has 0 N–H and O–H groups in total. The van der Waals surface area contributed by atoms with Gasteiger partial charge in [0.2, 0.25) is 5.91 Å². The van der Waals surface area contributed by atoms with Crippen molar-refractivity contribution in [3.05, 3.63) is 48.8 Å². The predicted molar refractivity (Wildman–Crippen MR) is 95.9 cm³/mol. The first-order valence-corrected chi connectivity index (χ1v) is 8.74. The molecule has 1 aromatic carbocycles. The predicted octanol–water partition coefficient (Wildman–Crippen LogP) is 2.65. The highest BCUT2D eigenvalue weighted by molar-refractivity contribution is 5.81. The maximum absolute atomic E-state index is 12.5. The number of likely N-dealkylation sites (tertiary alicyclic amines) is 1. The molecule has 0 saturated carbocycles. The number of carbonyl (C=O) groups excluding carboxylic acids is 1. The number of hydrogen-bond donors (Lipinski definition) is 0. The molecule has 0 bridgehead atoms. The van der Waals surface area contributed by atoms with E-state index in [1.165, 1.54) is 0 Å². The number of rotatable bonds is 6. The summed E-state index contributed by atoms with van der Waals surface area (Å²) >= 11 is 0. The Morgan fingerprint density at radius 1 is 1.21 bits per heavy atom. The van der Waals surface area contributed by atoms with Gasteiger partial charge in [0.25, 0.3) is 0 Å². The first-order chi connectivity index (χ1) is 11.7. The van der Waals surface area contributed by atoms with Crippen LogP contribution in [0.4, 0.5) is 5.69 Å². The summed E-state index contributed by atoms with van der Waals surface area (Å²) in [6, 6.07) is 12.0. The van der Waals surface area contributed by atoms with Crippen LogP contribution in [0, 0.1) is 5.92 Å². The van der Waals surface area contributed by atoms with Gasteiger partial charge in [-0.2, -0.15) is 5.10 Å². The zero-order valence-corrected chi connectivity index (χ0v) is 14.3. The summed E-state index contributed by atoms with van der Waals surface area (Å²) in [5.41, 5.74) is 1.08. The SMILES string of the molecule is CN(CC(=O)N1CCC(CCn2cccn2)CC1)c1ccccc1. The van der Waals surface area contributed by atoms with Crippen LogP contribution in [0.15, 0.2) is 48.8 Å². The lowest BCUT2D eigenvalue weighted by Gasteiger charge is -2.33. The number of para-hydroxylation sites is 1. The molecule has 0 atom stereocenters. The van der Waals surface area contributed by atoms with Gasteiger partial charge in [0, 0.05) is 44.8 Å². The van der Waals surface area contributed by atoms with Crippen LogP contribution in [-0.2, 0) is 11.3 Å². The van der Waals surface area contributed by atoms with Crippen LogP contribution in [0.2, 0.25) is 0 Å². The molecule has 0 spiro atoms. The molecule has 0 unspecified atom stereocenters. The van der Waals surface area contributed by atoms with Crippen LogP contribution in [0.25, 0.3) is 0 Å². The van der Waals surface area contributed by atoms with Crippen molar-refractivity contribution in [3.63, 3.8) is 0 Å². The third-order valence-corrected chi connectivity index (χ3v) is 4.86. The van der Waals surface area contributed by atoms with Crippen LogP contribution in [0.1, 0.15) is 19.3 Å². The zero-order valence-electron chi connectivity index (χ0n) is 14.3. The van der Waals surface area contributed by atoms with Crippen LogP contribution >= 0.6 is 0 Å². The van der Waals surface area contributed by atoms with Crippen LogP contribution in [0.5, 0.6) is 0 Å². The van der Waals surface area contributed by atoms with E-state index < -0.39 is 0 Å². The van der Waals surface area contributed by atoms with Crippen molar-refractivity contribution >= 4 is 11.6 Å². The second-order valence-electron chi connectivity index (χ2n) is 6.57. The maximum Gasteiger partial charge on any atom is 0.242 e. The molecule has 128 valence electrons. The standard InChI is InChI=1S/C19H26N4O/c1-21(18-6-3-2-4-7-18)16-19(24)22-13-8-17(9-14-22)10-15-23-12-5-11-20-23/h2-7,11-12,17H,8-10,13-16H2,1H3. The molecule has 1 aliphatic heterocycles. The molecule has 3 rings (SSSR count). The third-order valence-electron chi connectivity index (χ3n) is 4.86. The van der Waals surface area contributed by atoms with Gasteiger partial charge in [-0.3, -0.25) is 9.48 Å². The van der Waals surface area contributed by atoms with Gasteiger partial charge >= 0.3 is 0 Å². The molecule has 0 aliphatic carbocycles. The number of piperidine rings is 1. The fourth-order valence-electron chi connectivity index (χ4n) is 3.30. The summed E-state index contributed by atoms with van der Waals surface area (Å²) in [5.74, 6) is 0.928. The Morgan fingerprint density at radius 3 is 2.62 bits per heavy atom. The number of carbonyl (C=O) groups is 1. The fraction of sp³-hybridized carbons (Fsp3) is 0.474. The smallest absolute Gasteiger partial charge is 0.242 e. The highest BCUT2D eigenvalue weighted by atomic mass is 16.2. The molecule has 5 heteroatoms. The summed E-state index contributed by atoms with van der Waals surface area (Å²) < 4.78 is 1.99. The number of likely N-dealkylation sites (N-methyl/N-ethyl adjacent to an activating group) is 1. The minimum absolute atomic E-state index is 0.229. The number of anilines is 1. The Morgan fingerprint density at radius 2 is 1.96 bits per heavy atom. The summed E-state index contributed by atoms with van der Waals surface area (Å²) in [6.07, 6.45) is 7.18. The lowest BCUT2D eigenvalue weighted by atomic mass is 9.93. The Labute approximate surface area is 143 Å². The van der Waals surface area contributed by atoms with Crippen molar-refractivity contribution < 1.29 is 4.79 Å². The van der Waals surface area contributed by atoms with Crippen molar-refractivity contribution in [2.75, 3.05) is 31.6 Å². The molecule has 1 saturated heterocycles. The van der Waals surface area contributed by atoms with Gasteiger partial charge in [0.15, 0.2) is 0 Å². The summed E-state index contributed by atoms with van der Waals surface area (Å²) in [4.78, 5) is 16.5. The third kappa shape index (κ3) is 4.37. The Kier molecular flexibility index (Phi) is 5.51. The van der Waals surface area contributed by atoms with E-state index in [1.807, 2.05) is 70.3 Å². The molecule has 1 fully saturated rings. The topological polar surface area (TPSA) is 41.4 Å². The highest BCUT2D eigenvalue weighted by Crippen LogP contribution is 2.21. The number of aryl methyl sites for hydroxylation is 1. The lowest BCUT2D eigenvalue weighted by molar-refractivity contribution is -0.131. The van der Waals surface area contributed by atoms with Gasteiger partial charge in [-0.1, -0.05) is 18.2 Å². The molecular weight excluding hydrogens is 300 g/mol. The monoisotopic (exact) mass is 326 g/mol. The molecule has 1 aromatic heterocycles. The van der Waals surface area contributed by atoms with Crippen molar-refractivity contribution in [1.29, 1.82) is 0 Å². The van der Waals surface area contributed by atoms with E-state index in [2.05, 4.69) is 5.10 Å². The number of hydrogen-bond acceptors (Lipinski definition) is 3. The largest absolute Gasteiger partial charge is 0.365 e. The van der Waals surface area contributed by atoms with Gasteiger partial charge in [-0.25, -0.2) is 0 Å². The molecule has 24 heavy (non-hydrogen) atoms. The van der Waals surface area contributed by atoms with Crippen LogP contribution in [-0.4, -0.2) is 47.3 Å². The molecule has 2 aromatic rings. The van der Waals surface area contributed by atoms with Gasteiger partial charge in [0.1, 0.15) is 0 Å². The lowest BCUT2D eigenvalue weighted by Crippen LogP contribution is -2.43. The molecular formula is C19H26N4O. The number of nitrogens with zero attached hydrogens (tertiary/aromatic N) is 4. The van der Waals surface area contributed by atoms with E-state index in [0.29, 0.717) is 12.5 Å². The number of benzene rings is 1. The maximum atomic E-state index is 12.5. The summed E-state index contributed by atoms with van der Waals surface area (Å²) in [6.45, 7) is 3.18. The summed E-state index contributed by atoms with van der Waals surface area (Å²) in [5, 5.41) is 4.25. The Hall–Kier alpha value is -2.30. The van der Waals surface area contributed by atoms with Crippen LogP contribution < -0.4 is 4.90 Å². The Bertz CT molecular complexity index is 618. The van der Waals surface area contributed by atoms with Crippen LogP contribution in [0.3, 0.4) is 0 Å². The zero-order chi connectivity index (χ0) is 16.8. The van der Waals surface area contributed by atoms with Crippen molar-refractivity contribution in [2.24, 2.45) is 5.92 Å². The minimum atomic E-state index is 0.229. The molecule has 2 heterocycles. The molecule has 5 nitrogen and oxygen atoms in total. The van der Waals surface area contributed by atoms with E-state index in [9.17, 15) is 4.79 Å². The molecule has 1 amide bonds. The van der Waals surface area contributed by atoms with Gasteiger partial charge in [0.05, 0.1) is 6.54 Å². The van der Waals surface area contributed by atoms with Crippen molar-refractivity contribution in [1.82, 2.24) is 14.7 Å². The normalized spacial score (nSPS) is 15.5. The fourth-order valence-corrected chi connectivity index (χ4v) is 3.30. The van der Waals surface area contributed by atoms with Gasteiger partial charge < -0.3 is 9.80 Å². The van der Waals surface area contributed by atoms with Gasteiger partial charge in [-0.05, 0) is 43.4 Å². The first kappa shape index (κ1) is 16.6. The van der Waals surface area contributed by atoms with E-state index in [-0.39, 0.29) is 5.91 Å². The molecule has 0 radical (unpaired) electrons. The van der Waals surface area contributed by atoms with E-state index in [0.717, 1.165) is 44.6 Å². The second kappa shape index (κ2) is 7.99. The van der Waals surface area contributed by atoms with E-state index in [4.69, 9.17) is 0 Å². The molecule has 1 aliphatic rings. The average Bonchev–Trinajstić information content (AvgIpc) is 3.14. The summed E-state index contributed by atoms with van der Waals surface area (Å²) in [7, 11) is 1.98. The second-order valence-corrected chi connectivity index (χ2v) is 6.57. The highest BCUT2D eigenvalue weighted by Gasteiger charge is 2.23. The van der Waals surface area contributed by atoms with Crippen molar-refractivity contribution in [2.45, 2.75) is 25.8 Å². The quantitative estimate of drug-likeness (QED) is 0.819. The number of amides is 1.